The number of fused-ring (bicyclic) bond motifs is 1. The molecule has 1 heterocycles. The third kappa shape index (κ3) is 3.21. The highest BCUT2D eigenvalue weighted by molar-refractivity contribution is 6.36. The van der Waals surface area contributed by atoms with Crippen LogP contribution in [0, 0.1) is 0 Å². The number of rotatable bonds is 3. The minimum Gasteiger partial charge on any atom is -0.256 e. The van der Waals surface area contributed by atoms with Gasteiger partial charge in [0.1, 0.15) is 0 Å². The van der Waals surface area contributed by atoms with Gasteiger partial charge in [-0.25, -0.2) is 0 Å². The topological polar surface area (TPSA) is 12.9 Å². The van der Waals surface area contributed by atoms with Crippen LogP contribution in [-0.4, -0.2) is 4.98 Å². The maximum Gasteiger partial charge on any atom is 0.0717 e. The number of pyridine rings is 1. The molecule has 0 unspecified atom stereocenters. The van der Waals surface area contributed by atoms with E-state index in [1.54, 1.807) is 6.20 Å². The maximum atomic E-state index is 6.42. The van der Waals surface area contributed by atoms with E-state index in [1.807, 2.05) is 60.7 Å². The van der Waals surface area contributed by atoms with E-state index in [0.717, 1.165) is 21.5 Å². The van der Waals surface area contributed by atoms with Crippen molar-refractivity contribution in [3.8, 4) is 0 Å². The average Bonchev–Trinajstić information content (AvgIpc) is 2.55. The number of hydrogen-bond acceptors (Lipinski definition) is 1. The van der Waals surface area contributed by atoms with Gasteiger partial charge in [-0.3, -0.25) is 4.98 Å². The lowest BCUT2D eigenvalue weighted by molar-refractivity contribution is 1.40. The molecule has 2 heteroatoms. The number of para-hydroxylation sites is 1. The first kappa shape index (κ1) is 13.6. The van der Waals surface area contributed by atoms with E-state index in [0.29, 0.717) is 0 Å². The summed E-state index contributed by atoms with van der Waals surface area (Å²) in [6, 6.07) is 18.1. The second-order valence-electron chi connectivity index (χ2n) is 4.67. The minimum absolute atomic E-state index is 0.741. The van der Waals surface area contributed by atoms with E-state index in [2.05, 4.69) is 23.2 Å². The molecule has 0 saturated carbocycles. The molecule has 0 amide bonds. The highest BCUT2D eigenvalue weighted by Crippen LogP contribution is 2.26. The lowest BCUT2D eigenvalue weighted by Gasteiger charge is -2.02. The lowest BCUT2D eigenvalue weighted by Crippen LogP contribution is -1.83. The molecule has 0 radical (unpaired) electrons. The zero-order valence-electron chi connectivity index (χ0n) is 11.4. The van der Waals surface area contributed by atoms with E-state index in [9.17, 15) is 0 Å². The summed E-state index contributed by atoms with van der Waals surface area (Å²) in [5.41, 5.74) is 3.01. The van der Waals surface area contributed by atoms with Gasteiger partial charge in [0.2, 0.25) is 0 Å². The summed E-state index contributed by atoms with van der Waals surface area (Å²) >= 11 is 6.42. The summed E-state index contributed by atoms with van der Waals surface area (Å²) in [6.45, 7) is 0. The molecule has 0 atom stereocenters. The summed E-state index contributed by atoms with van der Waals surface area (Å²) in [5.74, 6) is 0. The Morgan fingerprint density at radius 1 is 0.810 bits per heavy atom. The molecule has 0 bridgehead atoms. The van der Waals surface area contributed by atoms with E-state index >= 15 is 0 Å². The second-order valence-corrected chi connectivity index (χ2v) is 5.05. The molecule has 0 saturated heterocycles. The molecule has 0 spiro atoms. The van der Waals surface area contributed by atoms with E-state index < -0.39 is 0 Å². The Morgan fingerprint density at radius 2 is 1.52 bits per heavy atom. The molecule has 1 aromatic heterocycles. The van der Waals surface area contributed by atoms with E-state index in [-0.39, 0.29) is 0 Å². The number of nitrogens with zero attached hydrogens (tertiary/aromatic N) is 1. The standard InChI is InChI=1S/C19H14ClN/c20-19-16(14-21-18-13-7-6-12-17(18)19)11-5-4-10-15-8-2-1-3-9-15/h1-14H. The average molecular weight is 292 g/mol. The van der Waals surface area contributed by atoms with Gasteiger partial charge in [-0.05, 0) is 11.6 Å². The summed E-state index contributed by atoms with van der Waals surface area (Å²) in [4.78, 5) is 4.42. The predicted octanol–water partition coefficient (Wildman–Crippen LogP) is 5.61. The molecule has 0 aliphatic carbocycles. The number of allylic oxidation sites excluding steroid dienone is 2. The van der Waals surface area contributed by atoms with E-state index in [4.69, 9.17) is 11.6 Å². The maximum absolute atomic E-state index is 6.42. The summed E-state index contributed by atoms with van der Waals surface area (Å²) < 4.78 is 0. The number of halogens is 1. The van der Waals surface area contributed by atoms with Gasteiger partial charge < -0.3 is 0 Å². The summed E-state index contributed by atoms with van der Waals surface area (Å²) in [6.07, 6.45) is 9.81. The van der Waals surface area contributed by atoms with Crippen LogP contribution in [0.4, 0.5) is 0 Å². The van der Waals surface area contributed by atoms with Crippen molar-refractivity contribution in [2.24, 2.45) is 0 Å². The monoisotopic (exact) mass is 291 g/mol. The normalized spacial score (nSPS) is 11.7. The Morgan fingerprint density at radius 3 is 2.38 bits per heavy atom. The van der Waals surface area contributed by atoms with Gasteiger partial charge in [0.05, 0.1) is 10.5 Å². The first-order chi connectivity index (χ1) is 10.3. The number of hydrogen-bond donors (Lipinski definition) is 0. The van der Waals surface area contributed by atoms with Gasteiger partial charge in [0, 0.05) is 17.1 Å². The Labute approximate surface area is 129 Å². The van der Waals surface area contributed by atoms with Crippen molar-refractivity contribution < 1.29 is 0 Å². The van der Waals surface area contributed by atoms with Crippen LogP contribution in [0.15, 0.2) is 72.9 Å². The smallest absolute Gasteiger partial charge is 0.0717 e. The van der Waals surface area contributed by atoms with Crippen LogP contribution in [0.1, 0.15) is 11.1 Å². The molecule has 102 valence electrons. The molecule has 0 N–H and O–H groups in total. The molecule has 2 aromatic carbocycles. The van der Waals surface area contributed by atoms with Gasteiger partial charge in [0.25, 0.3) is 0 Å². The van der Waals surface area contributed by atoms with Gasteiger partial charge in [-0.15, -0.1) is 0 Å². The van der Waals surface area contributed by atoms with Gasteiger partial charge in [0.15, 0.2) is 0 Å². The number of aromatic nitrogens is 1. The highest BCUT2D eigenvalue weighted by atomic mass is 35.5. The van der Waals surface area contributed by atoms with Crippen LogP contribution in [0.2, 0.25) is 5.02 Å². The summed E-state index contributed by atoms with van der Waals surface area (Å²) in [5, 5.41) is 1.72. The van der Waals surface area contributed by atoms with Crippen molar-refractivity contribution in [3.63, 3.8) is 0 Å². The van der Waals surface area contributed by atoms with Crippen LogP contribution in [-0.2, 0) is 0 Å². The van der Waals surface area contributed by atoms with Gasteiger partial charge in [-0.2, -0.15) is 0 Å². The van der Waals surface area contributed by atoms with Crippen molar-refractivity contribution in [1.82, 2.24) is 4.98 Å². The molecule has 1 nitrogen and oxygen atoms in total. The predicted molar refractivity (Wildman–Crippen MR) is 91.3 cm³/mol. The quantitative estimate of drug-likeness (QED) is 0.571. The third-order valence-corrected chi connectivity index (χ3v) is 3.63. The van der Waals surface area contributed by atoms with Crippen LogP contribution in [0.25, 0.3) is 23.1 Å². The van der Waals surface area contributed by atoms with Crippen molar-refractivity contribution >= 4 is 34.7 Å². The molecular formula is C19H14ClN. The Balaban J connectivity index is 1.83. The Hall–Kier alpha value is -2.38. The molecule has 0 aliphatic heterocycles. The third-order valence-electron chi connectivity index (χ3n) is 3.21. The molecule has 21 heavy (non-hydrogen) atoms. The fraction of sp³-hybridized carbons (Fsp3) is 0. The van der Waals surface area contributed by atoms with Crippen LogP contribution >= 0.6 is 11.6 Å². The molecule has 0 fully saturated rings. The van der Waals surface area contributed by atoms with Crippen molar-refractivity contribution in [1.29, 1.82) is 0 Å². The number of benzene rings is 2. The van der Waals surface area contributed by atoms with Crippen molar-refractivity contribution in [2.75, 3.05) is 0 Å². The fourth-order valence-electron chi connectivity index (χ4n) is 2.13. The van der Waals surface area contributed by atoms with Gasteiger partial charge >= 0.3 is 0 Å². The second kappa shape index (κ2) is 6.38. The SMILES string of the molecule is Clc1c(C=CC=Cc2ccccc2)cnc2ccccc12. The molecule has 0 aliphatic rings. The molecule has 3 aromatic rings. The molecular weight excluding hydrogens is 278 g/mol. The van der Waals surface area contributed by atoms with Crippen molar-refractivity contribution in [3.05, 3.63) is 89.1 Å². The minimum atomic E-state index is 0.741. The fourth-order valence-corrected chi connectivity index (χ4v) is 2.40. The Bertz CT molecular complexity index is 804. The largest absolute Gasteiger partial charge is 0.256 e. The van der Waals surface area contributed by atoms with Crippen LogP contribution in [0.3, 0.4) is 0 Å². The van der Waals surface area contributed by atoms with Crippen LogP contribution < -0.4 is 0 Å². The van der Waals surface area contributed by atoms with Crippen LogP contribution in [0.5, 0.6) is 0 Å². The molecule has 3 rings (SSSR count). The van der Waals surface area contributed by atoms with E-state index in [1.165, 1.54) is 5.56 Å². The first-order valence-corrected chi connectivity index (χ1v) is 7.15. The Kier molecular flexibility index (Phi) is 4.13. The first-order valence-electron chi connectivity index (χ1n) is 6.77. The lowest BCUT2D eigenvalue weighted by atomic mass is 10.1. The van der Waals surface area contributed by atoms with Crippen molar-refractivity contribution in [2.45, 2.75) is 0 Å². The van der Waals surface area contributed by atoms with Gasteiger partial charge in [-0.1, -0.05) is 84.4 Å². The summed E-state index contributed by atoms with van der Waals surface area (Å²) in [7, 11) is 0. The zero-order chi connectivity index (χ0) is 14.5. The highest BCUT2D eigenvalue weighted by Gasteiger charge is 2.02. The zero-order valence-corrected chi connectivity index (χ0v) is 12.2.